The van der Waals surface area contributed by atoms with E-state index in [4.69, 9.17) is 0 Å². The molecule has 0 saturated heterocycles. The summed E-state index contributed by atoms with van der Waals surface area (Å²) in [5.74, 6) is 0. The molecule has 0 aliphatic carbocycles. The van der Waals surface area contributed by atoms with Gasteiger partial charge < -0.3 is 0 Å². The normalized spacial score (nSPS) is 10.3. The fourth-order valence-corrected chi connectivity index (χ4v) is 0.936. The van der Waals surface area contributed by atoms with Gasteiger partial charge in [-0.05, 0) is 6.07 Å². The van der Waals surface area contributed by atoms with Crippen LogP contribution in [0, 0.1) is 20.2 Å². The van der Waals surface area contributed by atoms with Crippen LogP contribution in [0.25, 0.3) is 6.08 Å². The lowest BCUT2D eigenvalue weighted by atomic mass is 10.1. The maximum atomic E-state index is 10.5. The van der Waals surface area contributed by atoms with Crippen LogP contribution in [0.1, 0.15) is 5.56 Å². The monoisotopic (exact) mass is 193 g/mol. The molecule has 0 fully saturated rings. The van der Waals surface area contributed by atoms with Crippen molar-refractivity contribution in [3.05, 3.63) is 56.3 Å². The molecule has 0 radical (unpaired) electrons. The standard InChI is InChI=1S/C8H6N2O4/c11-9(12)6-5-7-3-1-2-4-8(7)10(13)14/h1-6H/b6-5+/i6-1. The Balaban J connectivity index is 3.07. The number of para-hydroxylation sites is 1. The SMILES string of the molecule is O=[N+]([O-])/[11CH]=C/c1ccccc1[N+](=O)[O-]. The minimum absolute atomic E-state index is 0.148. The molecule has 0 bridgehead atoms. The van der Waals surface area contributed by atoms with Gasteiger partial charge in [-0.15, -0.1) is 0 Å². The van der Waals surface area contributed by atoms with Crippen LogP contribution in [-0.4, -0.2) is 9.85 Å². The number of nitrogens with zero attached hydrogens (tertiary/aromatic N) is 2. The van der Waals surface area contributed by atoms with Gasteiger partial charge in [0.1, 0.15) is 0 Å². The highest BCUT2D eigenvalue weighted by atomic mass is 16.6. The minimum Gasteiger partial charge on any atom is -0.259 e. The maximum absolute atomic E-state index is 10.5. The van der Waals surface area contributed by atoms with Gasteiger partial charge in [0.05, 0.1) is 15.4 Å². The van der Waals surface area contributed by atoms with Crippen LogP contribution in [0.5, 0.6) is 0 Å². The van der Waals surface area contributed by atoms with Crippen LogP contribution in [0.4, 0.5) is 5.69 Å². The summed E-state index contributed by atoms with van der Waals surface area (Å²) >= 11 is 0. The van der Waals surface area contributed by atoms with Gasteiger partial charge in [0.25, 0.3) is 5.69 Å². The lowest BCUT2D eigenvalue weighted by Crippen LogP contribution is -1.91. The summed E-state index contributed by atoms with van der Waals surface area (Å²) in [6.07, 6.45) is 1.76. The fourth-order valence-electron chi connectivity index (χ4n) is 0.936. The molecular formula is C8H6N2O4. The molecule has 6 nitrogen and oxygen atoms in total. The van der Waals surface area contributed by atoms with Gasteiger partial charge in [-0.25, -0.2) is 0 Å². The summed E-state index contributed by atoms with van der Waals surface area (Å²) in [6.45, 7) is 0. The molecule has 1 aromatic rings. The highest BCUT2D eigenvalue weighted by Crippen LogP contribution is 2.18. The molecule has 1 rings (SSSR count). The summed E-state index contributed by atoms with van der Waals surface area (Å²) in [4.78, 5) is 19.2. The lowest BCUT2D eigenvalue weighted by molar-refractivity contribution is -0.401. The zero-order valence-electron chi connectivity index (χ0n) is 6.99. The van der Waals surface area contributed by atoms with Crippen molar-refractivity contribution in [3.8, 4) is 0 Å². The number of hydrogen-bond acceptors (Lipinski definition) is 4. The quantitative estimate of drug-likeness (QED) is 0.541. The van der Waals surface area contributed by atoms with Crippen molar-refractivity contribution in [3.63, 3.8) is 0 Å². The molecule has 0 amide bonds. The van der Waals surface area contributed by atoms with Crippen molar-refractivity contribution >= 4 is 11.8 Å². The zero-order chi connectivity index (χ0) is 10.6. The van der Waals surface area contributed by atoms with E-state index < -0.39 is 9.85 Å². The maximum Gasteiger partial charge on any atom is 0.276 e. The van der Waals surface area contributed by atoms with Gasteiger partial charge in [0.2, 0.25) is 6.20 Å². The number of rotatable bonds is 3. The van der Waals surface area contributed by atoms with Crippen molar-refractivity contribution in [1.29, 1.82) is 0 Å². The second kappa shape index (κ2) is 4.13. The molecule has 0 saturated carbocycles. The molecule has 0 heterocycles. The van der Waals surface area contributed by atoms with E-state index in [9.17, 15) is 20.2 Å². The lowest BCUT2D eigenvalue weighted by Gasteiger charge is -1.94. The van der Waals surface area contributed by atoms with E-state index in [2.05, 4.69) is 0 Å². The molecule has 0 aliphatic rings. The van der Waals surface area contributed by atoms with Crippen LogP contribution in [0.3, 0.4) is 0 Å². The Morgan fingerprint density at radius 2 is 1.79 bits per heavy atom. The molecule has 1 aromatic carbocycles. The minimum atomic E-state index is -0.670. The molecule has 0 unspecified atom stereocenters. The zero-order valence-corrected chi connectivity index (χ0v) is 6.99. The van der Waals surface area contributed by atoms with Gasteiger partial charge in [0.15, 0.2) is 0 Å². The van der Waals surface area contributed by atoms with E-state index in [0.29, 0.717) is 6.20 Å². The average molecular weight is 193 g/mol. The van der Waals surface area contributed by atoms with E-state index >= 15 is 0 Å². The Labute approximate surface area is 78.8 Å². The molecule has 72 valence electrons. The molecule has 0 aromatic heterocycles. The Kier molecular flexibility index (Phi) is 2.90. The predicted octanol–water partition coefficient (Wildman–Crippen LogP) is 1.84. The Morgan fingerprint density at radius 3 is 2.36 bits per heavy atom. The number of nitro groups is 2. The fraction of sp³-hybridized carbons (Fsp3) is 0. The van der Waals surface area contributed by atoms with Gasteiger partial charge >= 0.3 is 0 Å². The molecule has 0 N–H and O–H groups in total. The number of benzene rings is 1. The largest absolute Gasteiger partial charge is 0.276 e. The van der Waals surface area contributed by atoms with Crippen molar-refractivity contribution in [1.82, 2.24) is 0 Å². The van der Waals surface area contributed by atoms with Gasteiger partial charge in [-0.1, -0.05) is 12.1 Å². The first-order chi connectivity index (χ1) is 6.61. The molecule has 0 spiro atoms. The molecule has 14 heavy (non-hydrogen) atoms. The summed E-state index contributed by atoms with van der Waals surface area (Å²) in [7, 11) is 0. The van der Waals surface area contributed by atoms with E-state index in [1.807, 2.05) is 0 Å². The van der Waals surface area contributed by atoms with Crippen molar-refractivity contribution in [2.75, 3.05) is 0 Å². The topological polar surface area (TPSA) is 86.3 Å². The smallest absolute Gasteiger partial charge is 0.259 e. The highest BCUT2D eigenvalue weighted by Gasteiger charge is 2.09. The van der Waals surface area contributed by atoms with Crippen LogP contribution in [0.2, 0.25) is 0 Å². The van der Waals surface area contributed by atoms with Gasteiger partial charge in [0, 0.05) is 12.1 Å². The predicted molar refractivity (Wildman–Crippen MR) is 49.1 cm³/mol. The van der Waals surface area contributed by atoms with E-state index in [0.717, 1.165) is 6.08 Å². The van der Waals surface area contributed by atoms with Crippen LogP contribution in [-0.2, 0) is 0 Å². The van der Waals surface area contributed by atoms with Gasteiger partial charge in [-0.3, -0.25) is 20.2 Å². The summed E-state index contributed by atoms with van der Waals surface area (Å²) in [5.41, 5.74) is 0.0693. The van der Waals surface area contributed by atoms with Crippen LogP contribution < -0.4 is 0 Å². The third-order valence-corrected chi connectivity index (χ3v) is 1.51. The van der Waals surface area contributed by atoms with Gasteiger partial charge in [-0.2, -0.15) is 0 Å². The van der Waals surface area contributed by atoms with Crippen molar-refractivity contribution in [2.45, 2.75) is 0 Å². The summed E-state index contributed by atoms with van der Waals surface area (Å²) < 4.78 is 0. The van der Waals surface area contributed by atoms with E-state index in [1.165, 1.54) is 18.2 Å². The second-order valence-electron chi connectivity index (χ2n) is 2.42. The summed E-state index contributed by atoms with van der Waals surface area (Å²) in [6, 6.07) is 5.81. The van der Waals surface area contributed by atoms with Crippen molar-refractivity contribution in [2.24, 2.45) is 0 Å². The molecule has 0 atom stereocenters. The molecular weight excluding hydrogens is 187 g/mol. The van der Waals surface area contributed by atoms with Crippen LogP contribution in [0.15, 0.2) is 30.5 Å². The molecule has 6 heteroatoms. The Morgan fingerprint density at radius 1 is 1.14 bits per heavy atom. The Bertz CT molecular complexity index is 400. The first kappa shape index (κ1) is 9.85. The second-order valence-corrected chi connectivity index (χ2v) is 2.42. The van der Waals surface area contributed by atoms with Crippen molar-refractivity contribution < 1.29 is 9.85 Å². The summed E-state index contributed by atoms with van der Waals surface area (Å²) in [5, 5.41) is 20.5. The third kappa shape index (κ3) is 2.37. The van der Waals surface area contributed by atoms with E-state index in [-0.39, 0.29) is 11.3 Å². The van der Waals surface area contributed by atoms with E-state index in [1.54, 1.807) is 6.07 Å². The number of nitro benzene ring substituents is 1. The van der Waals surface area contributed by atoms with Crippen LogP contribution >= 0.6 is 0 Å². The first-order valence-corrected chi connectivity index (χ1v) is 3.66. The highest BCUT2D eigenvalue weighted by molar-refractivity contribution is 5.59. The number of hydrogen-bond donors (Lipinski definition) is 0. The average Bonchev–Trinajstić information content (AvgIpc) is 2.15. The molecule has 0 aliphatic heterocycles. The first-order valence-electron chi connectivity index (χ1n) is 3.66. The Hall–Kier alpha value is -2.24. The third-order valence-electron chi connectivity index (χ3n) is 1.51.